The van der Waals surface area contributed by atoms with Crippen LogP contribution in [0.15, 0.2) is 96.2 Å². The molecule has 5 rings (SSSR count). The maximum absolute atomic E-state index is 4.63. The molecule has 160 valence electrons. The van der Waals surface area contributed by atoms with E-state index in [1.54, 1.807) is 0 Å². The molecule has 1 aliphatic rings. The molecule has 0 saturated heterocycles. The number of para-hydroxylation sites is 1. The Labute approximate surface area is 193 Å². The number of anilines is 3. The van der Waals surface area contributed by atoms with Gasteiger partial charge in [0.15, 0.2) is 0 Å². The van der Waals surface area contributed by atoms with Gasteiger partial charge in [-0.2, -0.15) is 0 Å². The van der Waals surface area contributed by atoms with E-state index < -0.39 is 0 Å². The van der Waals surface area contributed by atoms with Crippen LogP contribution in [-0.2, 0) is 0 Å². The summed E-state index contributed by atoms with van der Waals surface area (Å²) in [5.41, 5.74) is 5.34. The van der Waals surface area contributed by atoms with Gasteiger partial charge in [-0.1, -0.05) is 30.4 Å². The first-order valence-electron chi connectivity index (χ1n) is 11.0. The Morgan fingerprint density at radius 3 is 2.47 bits per heavy atom. The van der Waals surface area contributed by atoms with Crippen LogP contribution in [0.3, 0.4) is 0 Å². The minimum absolute atomic E-state index is 0.388. The number of benzene rings is 2. The first-order chi connectivity index (χ1) is 15.7. The fourth-order valence-corrected chi connectivity index (χ4v) is 5.10. The van der Waals surface area contributed by atoms with Gasteiger partial charge < -0.3 is 10.6 Å². The fraction of sp³-hybridized carbons (Fsp3) is 0.185. The van der Waals surface area contributed by atoms with Crippen molar-refractivity contribution >= 4 is 39.7 Å². The second-order valence-electron chi connectivity index (χ2n) is 8.08. The number of aryl methyl sites for hydroxylation is 1. The molecule has 4 nitrogen and oxygen atoms in total. The fourth-order valence-electron chi connectivity index (χ4n) is 4.03. The summed E-state index contributed by atoms with van der Waals surface area (Å²) >= 11 is 1.93. The molecule has 5 heteroatoms. The van der Waals surface area contributed by atoms with Gasteiger partial charge in [-0.25, -0.2) is 0 Å². The predicted octanol–water partition coefficient (Wildman–Crippen LogP) is 6.97. The minimum Gasteiger partial charge on any atom is -0.379 e. The Kier molecular flexibility index (Phi) is 6.08. The number of hydrogen-bond acceptors (Lipinski definition) is 5. The van der Waals surface area contributed by atoms with E-state index in [4.69, 9.17) is 0 Å². The molecule has 2 aromatic carbocycles. The highest BCUT2D eigenvalue weighted by atomic mass is 32.2. The van der Waals surface area contributed by atoms with Crippen molar-refractivity contribution in [3.63, 3.8) is 0 Å². The zero-order valence-electron chi connectivity index (χ0n) is 18.0. The Morgan fingerprint density at radius 1 is 0.875 bits per heavy atom. The van der Waals surface area contributed by atoms with E-state index in [1.807, 2.05) is 49.3 Å². The summed E-state index contributed by atoms with van der Waals surface area (Å²) in [5, 5.41) is 8.78. The first kappa shape index (κ1) is 20.6. The van der Waals surface area contributed by atoms with Crippen molar-refractivity contribution in [2.75, 3.05) is 10.6 Å². The average Bonchev–Trinajstić information content (AvgIpc) is 2.82. The lowest BCUT2D eigenvalue weighted by molar-refractivity contribution is 0.682. The van der Waals surface area contributed by atoms with E-state index in [2.05, 4.69) is 81.3 Å². The normalized spacial score (nSPS) is 17.9. The highest BCUT2D eigenvalue weighted by Crippen LogP contribution is 2.33. The van der Waals surface area contributed by atoms with Gasteiger partial charge in [-0.15, -0.1) is 11.8 Å². The monoisotopic (exact) mass is 438 g/mol. The summed E-state index contributed by atoms with van der Waals surface area (Å²) in [6.45, 7) is 2.03. The number of aromatic nitrogens is 2. The number of nitrogens with zero attached hydrogens (tertiary/aromatic N) is 2. The number of pyridine rings is 2. The number of fused-ring (bicyclic) bond motifs is 1. The van der Waals surface area contributed by atoms with Crippen molar-refractivity contribution in [3.8, 4) is 0 Å². The highest BCUT2D eigenvalue weighted by Gasteiger charge is 2.16. The predicted molar refractivity (Wildman–Crippen MR) is 136 cm³/mol. The van der Waals surface area contributed by atoms with Crippen molar-refractivity contribution in [2.45, 2.75) is 36.0 Å². The molecule has 0 radical (unpaired) electrons. The smallest absolute Gasteiger partial charge is 0.0726 e. The second kappa shape index (κ2) is 9.45. The van der Waals surface area contributed by atoms with Crippen LogP contribution in [0.25, 0.3) is 10.9 Å². The average molecular weight is 439 g/mol. The van der Waals surface area contributed by atoms with Crippen molar-refractivity contribution in [2.24, 2.45) is 0 Å². The molecule has 2 unspecified atom stereocenters. The van der Waals surface area contributed by atoms with Crippen LogP contribution in [-0.4, -0.2) is 21.3 Å². The number of hydrogen-bond donors (Lipinski definition) is 2. The van der Waals surface area contributed by atoms with Crippen molar-refractivity contribution < 1.29 is 0 Å². The van der Waals surface area contributed by atoms with E-state index in [1.165, 1.54) is 4.90 Å². The molecule has 0 saturated carbocycles. The molecule has 0 fully saturated rings. The van der Waals surface area contributed by atoms with Crippen LogP contribution >= 0.6 is 11.8 Å². The van der Waals surface area contributed by atoms with Gasteiger partial charge in [0, 0.05) is 56.7 Å². The lowest BCUT2D eigenvalue weighted by atomic mass is 10.0. The molecule has 2 aromatic heterocycles. The van der Waals surface area contributed by atoms with E-state index in [0.29, 0.717) is 11.3 Å². The Hall–Kier alpha value is -3.31. The molecular formula is C27H26N4S. The third-order valence-electron chi connectivity index (χ3n) is 5.62. The van der Waals surface area contributed by atoms with Gasteiger partial charge in [0.2, 0.25) is 0 Å². The maximum Gasteiger partial charge on any atom is 0.0726 e. The van der Waals surface area contributed by atoms with Crippen LogP contribution in [0.1, 0.15) is 18.5 Å². The van der Waals surface area contributed by atoms with Crippen LogP contribution in [0.2, 0.25) is 0 Å². The van der Waals surface area contributed by atoms with Crippen LogP contribution < -0.4 is 10.6 Å². The van der Waals surface area contributed by atoms with Gasteiger partial charge in [0.1, 0.15) is 0 Å². The Bertz CT molecular complexity index is 1220. The molecule has 2 N–H and O–H groups in total. The van der Waals surface area contributed by atoms with Crippen LogP contribution in [0.5, 0.6) is 0 Å². The van der Waals surface area contributed by atoms with Crippen LogP contribution in [0, 0.1) is 6.92 Å². The zero-order valence-corrected chi connectivity index (χ0v) is 18.8. The summed E-state index contributed by atoms with van der Waals surface area (Å²) < 4.78 is 0. The standard InChI is InChI=1S/C27H26N4S/c1-19-18-27(25-4-2-3-5-26(25)29-19)31-21-8-12-24(13-9-21)32-23-10-6-20(7-11-23)30-22-14-16-28-17-15-22/h2-6,8-10,12-18,20,23H,7,11H2,1H3,(H,28,30)(H,29,31). The maximum atomic E-state index is 4.63. The highest BCUT2D eigenvalue weighted by molar-refractivity contribution is 8.00. The van der Waals surface area contributed by atoms with E-state index >= 15 is 0 Å². The molecule has 0 bridgehead atoms. The molecule has 32 heavy (non-hydrogen) atoms. The largest absolute Gasteiger partial charge is 0.379 e. The van der Waals surface area contributed by atoms with Gasteiger partial charge in [-0.05, 0) is 68.3 Å². The first-order valence-corrected chi connectivity index (χ1v) is 11.9. The zero-order chi connectivity index (χ0) is 21.8. The minimum atomic E-state index is 0.388. The molecule has 2 atom stereocenters. The van der Waals surface area contributed by atoms with Crippen molar-refractivity contribution in [1.29, 1.82) is 0 Å². The topological polar surface area (TPSA) is 49.8 Å². The van der Waals surface area contributed by atoms with Crippen LogP contribution in [0.4, 0.5) is 17.1 Å². The molecule has 0 aliphatic heterocycles. The molecule has 0 spiro atoms. The second-order valence-corrected chi connectivity index (χ2v) is 9.40. The lowest BCUT2D eigenvalue weighted by Gasteiger charge is -2.24. The van der Waals surface area contributed by atoms with Gasteiger partial charge in [0.05, 0.1) is 5.52 Å². The molecule has 2 heterocycles. The Balaban J connectivity index is 1.21. The number of thioether (sulfide) groups is 1. The SMILES string of the molecule is Cc1cc(Nc2ccc(SC3C=CC(Nc4ccncc4)CC3)cc2)c2ccccc2n1. The quantitative estimate of drug-likeness (QED) is 0.318. The lowest BCUT2D eigenvalue weighted by Crippen LogP contribution is -2.22. The number of nitrogens with one attached hydrogen (secondary N) is 2. The Morgan fingerprint density at radius 2 is 1.69 bits per heavy atom. The van der Waals surface area contributed by atoms with Gasteiger partial charge in [-0.3, -0.25) is 9.97 Å². The summed E-state index contributed by atoms with van der Waals surface area (Å²) in [4.78, 5) is 10.00. The molecule has 0 amide bonds. The summed E-state index contributed by atoms with van der Waals surface area (Å²) in [6, 6.07) is 23.5. The van der Waals surface area contributed by atoms with E-state index in [-0.39, 0.29) is 0 Å². The van der Waals surface area contributed by atoms with E-state index in [0.717, 1.165) is 46.5 Å². The van der Waals surface area contributed by atoms with Gasteiger partial charge in [0.25, 0.3) is 0 Å². The molecule has 1 aliphatic carbocycles. The van der Waals surface area contributed by atoms with E-state index in [9.17, 15) is 0 Å². The summed E-state index contributed by atoms with van der Waals surface area (Å²) in [7, 11) is 0. The molecular weight excluding hydrogens is 412 g/mol. The third kappa shape index (κ3) is 4.94. The summed E-state index contributed by atoms with van der Waals surface area (Å²) in [6.07, 6.45) is 10.6. The summed E-state index contributed by atoms with van der Waals surface area (Å²) in [5.74, 6) is 0. The molecule has 4 aromatic rings. The van der Waals surface area contributed by atoms with Crippen molar-refractivity contribution in [1.82, 2.24) is 9.97 Å². The van der Waals surface area contributed by atoms with Crippen molar-refractivity contribution in [3.05, 3.63) is 97.0 Å². The van der Waals surface area contributed by atoms with Gasteiger partial charge >= 0.3 is 0 Å². The third-order valence-corrected chi connectivity index (χ3v) is 6.86. The number of rotatable bonds is 6.